The fraction of sp³-hybridized carbons (Fsp3) is 0.417. The number of aromatic carboxylic acids is 1. The minimum Gasteiger partial charge on any atom is -0.478 e. The van der Waals surface area contributed by atoms with Gasteiger partial charge in [-0.2, -0.15) is 0 Å². The molecule has 0 bridgehead atoms. The number of piperidine rings is 1. The predicted molar refractivity (Wildman–Crippen MR) is 110 cm³/mol. The van der Waals surface area contributed by atoms with Gasteiger partial charge in [0.05, 0.1) is 5.56 Å². The zero-order chi connectivity index (χ0) is 19.8. The molecule has 1 saturated heterocycles. The number of likely N-dealkylation sites (tertiary alicyclic amines) is 1. The first-order valence-electron chi connectivity index (χ1n) is 10.3. The third kappa shape index (κ3) is 5.69. The van der Waals surface area contributed by atoms with Crippen molar-refractivity contribution in [1.29, 1.82) is 0 Å². The Morgan fingerprint density at radius 1 is 1.00 bits per heavy atom. The van der Waals surface area contributed by atoms with Crippen molar-refractivity contribution in [2.45, 2.75) is 44.9 Å². The molecule has 1 N–H and O–H groups in total. The van der Waals surface area contributed by atoms with Gasteiger partial charge in [-0.25, -0.2) is 4.79 Å². The van der Waals surface area contributed by atoms with Crippen LogP contribution in [0.15, 0.2) is 54.6 Å². The van der Waals surface area contributed by atoms with Crippen LogP contribution in [0.4, 0.5) is 0 Å². The molecule has 1 fully saturated rings. The van der Waals surface area contributed by atoms with Crippen molar-refractivity contribution >= 4 is 11.9 Å². The van der Waals surface area contributed by atoms with Crippen LogP contribution >= 0.6 is 0 Å². The Hall–Kier alpha value is -2.62. The molecule has 148 valence electrons. The molecule has 1 heterocycles. The number of aryl methyl sites for hydroxylation is 2. The van der Waals surface area contributed by atoms with Crippen molar-refractivity contribution < 1.29 is 14.7 Å². The molecule has 4 nitrogen and oxygen atoms in total. The second-order valence-corrected chi connectivity index (χ2v) is 7.69. The van der Waals surface area contributed by atoms with Crippen molar-refractivity contribution in [3.05, 3.63) is 71.3 Å². The zero-order valence-electron chi connectivity index (χ0n) is 16.3. The topological polar surface area (TPSA) is 57.6 Å². The summed E-state index contributed by atoms with van der Waals surface area (Å²) >= 11 is 0. The van der Waals surface area contributed by atoms with Crippen LogP contribution < -0.4 is 0 Å². The standard InChI is InChI=1S/C24H29NO3/c26-23(16-15-21-13-4-5-14-22(21)24(27)28)25-17-7-12-20(18-25)11-6-10-19-8-2-1-3-9-19/h1-5,8-9,13-14,20H,6-7,10-12,15-18H2,(H,27,28). The van der Waals surface area contributed by atoms with Crippen molar-refractivity contribution in [3.63, 3.8) is 0 Å². The molecule has 0 spiro atoms. The maximum Gasteiger partial charge on any atom is 0.335 e. The number of rotatable bonds is 8. The Kier molecular flexibility index (Phi) is 7.24. The van der Waals surface area contributed by atoms with Gasteiger partial charge >= 0.3 is 5.97 Å². The molecule has 1 aliphatic heterocycles. The van der Waals surface area contributed by atoms with Gasteiger partial charge in [0.25, 0.3) is 0 Å². The van der Waals surface area contributed by atoms with Crippen molar-refractivity contribution in [1.82, 2.24) is 4.90 Å². The Morgan fingerprint density at radius 3 is 2.54 bits per heavy atom. The molecule has 0 saturated carbocycles. The van der Waals surface area contributed by atoms with Crippen molar-refractivity contribution in [2.75, 3.05) is 13.1 Å². The van der Waals surface area contributed by atoms with Crippen LogP contribution in [0.3, 0.4) is 0 Å². The molecule has 2 aromatic rings. The van der Waals surface area contributed by atoms with Crippen LogP contribution in [0.2, 0.25) is 0 Å². The molecular weight excluding hydrogens is 350 g/mol. The van der Waals surface area contributed by atoms with E-state index in [2.05, 4.69) is 24.3 Å². The number of carboxylic acid groups (broad SMARTS) is 1. The number of benzene rings is 2. The monoisotopic (exact) mass is 379 g/mol. The molecule has 1 atom stereocenters. The second kappa shape index (κ2) is 10.1. The Bertz CT molecular complexity index is 787. The number of carboxylic acids is 1. The van der Waals surface area contributed by atoms with E-state index in [4.69, 9.17) is 0 Å². The zero-order valence-corrected chi connectivity index (χ0v) is 16.3. The number of hydrogen-bond acceptors (Lipinski definition) is 2. The first-order chi connectivity index (χ1) is 13.6. The minimum absolute atomic E-state index is 0.146. The molecular formula is C24H29NO3. The molecule has 4 heteroatoms. The molecule has 1 amide bonds. The van der Waals surface area contributed by atoms with E-state index in [0.717, 1.165) is 44.3 Å². The van der Waals surface area contributed by atoms with Gasteiger partial charge in [-0.1, -0.05) is 48.5 Å². The highest BCUT2D eigenvalue weighted by Crippen LogP contribution is 2.23. The summed E-state index contributed by atoms with van der Waals surface area (Å²) in [6.45, 7) is 1.67. The van der Waals surface area contributed by atoms with Gasteiger partial charge in [-0.15, -0.1) is 0 Å². The summed E-state index contributed by atoms with van der Waals surface area (Å²) in [4.78, 5) is 26.0. The summed E-state index contributed by atoms with van der Waals surface area (Å²) in [7, 11) is 0. The lowest BCUT2D eigenvalue weighted by molar-refractivity contribution is -0.133. The van der Waals surface area contributed by atoms with E-state index < -0.39 is 5.97 Å². The van der Waals surface area contributed by atoms with Crippen LogP contribution in [0, 0.1) is 5.92 Å². The van der Waals surface area contributed by atoms with Crippen LogP contribution in [0.1, 0.15) is 53.6 Å². The summed E-state index contributed by atoms with van der Waals surface area (Å²) in [5, 5.41) is 9.28. The quantitative estimate of drug-likeness (QED) is 0.730. The Balaban J connectivity index is 1.46. The van der Waals surface area contributed by atoms with Gasteiger partial charge in [0.15, 0.2) is 0 Å². The molecule has 0 radical (unpaired) electrons. The summed E-state index contributed by atoms with van der Waals surface area (Å²) in [6.07, 6.45) is 6.52. The molecule has 28 heavy (non-hydrogen) atoms. The highest BCUT2D eigenvalue weighted by Gasteiger charge is 2.23. The third-order valence-electron chi connectivity index (χ3n) is 5.65. The third-order valence-corrected chi connectivity index (χ3v) is 5.65. The summed E-state index contributed by atoms with van der Waals surface area (Å²) in [6, 6.07) is 17.5. The van der Waals surface area contributed by atoms with E-state index in [1.54, 1.807) is 18.2 Å². The number of nitrogens with zero attached hydrogens (tertiary/aromatic N) is 1. The summed E-state index contributed by atoms with van der Waals surface area (Å²) in [5.41, 5.74) is 2.41. The van der Waals surface area contributed by atoms with Crippen LogP contribution in [-0.2, 0) is 17.6 Å². The first kappa shape index (κ1) is 20.1. The molecule has 1 aliphatic rings. The summed E-state index contributed by atoms with van der Waals surface area (Å²) in [5.74, 6) is -0.208. The predicted octanol–water partition coefficient (Wildman–Crippen LogP) is 4.58. The fourth-order valence-corrected chi connectivity index (χ4v) is 4.11. The largest absolute Gasteiger partial charge is 0.478 e. The molecule has 2 aromatic carbocycles. The van der Waals surface area contributed by atoms with E-state index in [9.17, 15) is 14.7 Å². The van der Waals surface area contributed by atoms with E-state index in [1.165, 1.54) is 12.0 Å². The van der Waals surface area contributed by atoms with Crippen LogP contribution in [-0.4, -0.2) is 35.0 Å². The van der Waals surface area contributed by atoms with E-state index >= 15 is 0 Å². The lowest BCUT2D eigenvalue weighted by Gasteiger charge is -2.33. The summed E-state index contributed by atoms with van der Waals surface area (Å²) < 4.78 is 0. The smallest absolute Gasteiger partial charge is 0.335 e. The number of hydrogen-bond donors (Lipinski definition) is 1. The van der Waals surface area contributed by atoms with Crippen LogP contribution in [0.25, 0.3) is 0 Å². The average molecular weight is 380 g/mol. The maximum absolute atomic E-state index is 12.7. The first-order valence-corrected chi connectivity index (χ1v) is 10.3. The SMILES string of the molecule is O=C(O)c1ccccc1CCC(=O)N1CCCC(CCCc2ccccc2)C1. The van der Waals surface area contributed by atoms with Gasteiger partial charge in [-0.05, 0) is 61.6 Å². The highest BCUT2D eigenvalue weighted by molar-refractivity contribution is 5.89. The van der Waals surface area contributed by atoms with Gasteiger partial charge in [0.1, 0.15) is 0 Å². The van der Waals surface area contributed by atoms with Gasteiger partial charge in [-0.3, -0.25) is 4.79 Å². The van der Waals surface area contributed by atoms with E-state index in [-0.39, 0.29) is 5.91 Å². The van der Waals surface area contributed by atoms with Crippen molar-refractivity contribution in [3.8, 4) is 0 Å². The minimum atomic E-state index is -0.931. The lowest BCUT2D eigenvalue weighted by atomic mass is 9.91. The van der Waals surface area contributed by atoms with Gasteiger partial charge < -0.3 is 10.0 Å². The molecule has 0 aromatic heterocycles. The van der Waals surface area contributed by atoms with E-state index in [1.807, 2.05) is 17.0 Å². The van der Waals surface area contributed by atoms with Crippen LogP contribution in [0.5, 0.6) is 0 Å². The maximum atomic E-state index is 12.7. The average Bonchev–Trinajstić information content (AvgIpc) is 2.73. The van der Waals surface area contributed by atoms with Crippen molar-refractivity contribution in [2.24, 2.45) is 5.92 Å². The van der Waals surface area contributed by atoms with E-state index in [0.29, 0.717) is 24.3 Å². The number of carbonyl (C=O) groups excluding carboxylic acids is 1. The normalized spacial score (nSPS) is 16.7. The van der Waals surface area contributed by atoms with Gasteiger partial charge in [0.2, 0.25) is 5.91 Å². The number of carbonyl (C=O) groups is 2. The molecule has 0 aliphatic carbocycles. The molecule has 1 unspecified atom stereocenters. The fourth-order valence-electron chi connectivity index (χ4n) is 4.11. The highest BCUT2D eigenvalue weighted by atomic mass is 16.4. The second-order valence-electron chi connectivity index (χ2n) is 7.69. The Labute approximate surface area is 167 Å². The lowest BCUT2D eigenvalue weighted by Crippen LogP contribution is -2.40. The Morgan fingerprint density at radius 2 is 1.75 bits per heavy atom. The van der Waals surface area contributed by atoms with Gasteiger partial charge in [0, 0.05) is 19.5 Å². The number of amides is 1. The molecule has 3 rings (SSSR count).